The highest BCUT2D eigenvalue weighted by Crippen LogP contribution is 2.42. The van der Waals surface area contributed by atoms with Crippen molar-refractivity contribution in [1.29, 1.82) is 0 Å². The summed E-state index contributed by atoms with van der Waals surface area (Å²) in [6, 6.07) is -0.0709. The van der Waals surface area contributed by atoms with Gasteiger partial charge in [0.15, 0.2) is 6.29 Å². The van der Waals surface area contributed by atoms with Crippen LogP contribution < -0.4 is 5.23 Å². The Morgan fingerprint density at radius 2 is 2.19 bits per heavy atom. The standard InChI is InChI=1S/C14H24N2O5/c1-2-3-4-5-6-15-10-7-9(11-8-20-14(10)21-11)12(13(15)17)16(18)19/h9-11,14,16-18H,2-8H2,1H3. The summed E-state index contributed by atoms with van der Waals surface area (Å²) in [6.07, 6.45) is 4.42. The van der Waals surface area contributed by atoms with Crippen molar-refractivity contribution in [3.05, 3.63) is 16.8 Å². The first-order chi connectivity index (χ1) is 10.1. The Hall–Kier alpha value is -0.860. The zero-order valence-electron chi connectivity index (χ0n) is 12.3. The van der Waals surface area contributed by atoms with Crippen molar-refractivity contribution < 1.29 is 25.0 Å². The fraction of sp³-hybridized carbons (Fsp3) is 0.857. The first-order valence-corrected chi connectivity index (χ1v) is 7.83. The molecule has 21 heavy (non-hydrogen) atoms. The molecule has 5 unspecified atom stereocenters. The van der Waals surface area contributed by atoms with Gasteiger partial charge in [0.2, 0.25) is 11.6 Å². The van der Waals surface area contributed by atoms with Crippen molar-refractivity contribution >= 4 is 0 Å². The maximum atomic E-state index is 11.5. The molecule has 4 bridgehead atoms. The lowest BCUT2D eigenvalue weighted by atomic mass is 9.85. The Labute approximate surface area is 124 Å². The molecule has 0 amide bonds. The number of quaternary nitrogens is 1. The van der Waals surface area contributed by atoms with Crippen LogP contribution in [0.25, 0.3) is 0 Å². The van der Waals surface area contributed by atoms with Crippen molar-refractivity contribution in [2.75, 3.05) is 13.2 Å². The third-order valence-corrected chi connectivity index (χ3v) is 4.76. The second kappa shape index (κ2) is 6.10. The molecule has 120 valence electrons. The lowest BCUT2D eigenvalue weighted by Crippen LogP contribution is -3.04. The van der Waals surface area contributed by atoms with Crippen LogP contribution in [0.4, 0.5) is 0 Å². The van der Waals surface area contributed by atoms with E-state index in [1.807, 2.05) is 0 Å². The second-order valence-corrected chi connectivity index (χ2v) is 6.08. The van der Waals surface area contributed by atoms with Crippen molar-refractivity contribution in [2.24, 2.45) is 5.92 Å². The SMILES string of the molecule is CCCCCCN1C(O)=C([NH+]([O-])O)C2CC1C1OCC2O1. The van der Waals surface area contributed by atoms with E-state index in [9.17, 15) is 15.5 Å². The predicted molar refractivity (Wildman–Crippen MR) is 73.1 cm³/mol. The molecule has 0 radical (unpaired) electrons. The molecule has 3 rings (SSSR count). The van der Waals surface area contributed by atoms with Gasteiger partial charge in [-0.2, -0.15) is 5.23 Å². The molecular weight excluding hydrogens is 276 g/mol. The van der Waals surface area contributed by atoms with Crippen LogP contribution in [0.1, 0.15) is 39.0 Å². The van der Waals surface area contributed by atoms with E-state index >= 15 is 0 Å². The number of fused-ring (bicyclic) bond motifs is 6. The molecule has 0 aromatic rings. The number of aliphatic hydroxyl groups excluding tert-OH is 1. The van der Waals surface area contributed by atoms with Crippen LogP contribution in [0.5, 0.6) is 0 Å². The maximum Gasteiger partial charge on any atom is 0.250 e. The Morgan fingerprint density at radius 3 is 2.90 bits per heavy atom. The smallest absolute Gasteiger partial charge is 0.250 e. The first-order valence-electron chi connectivity index (χ1n) is 7.83. The van der Waals surface area contributed by atoms with Gasteiger partial charge in [0.1, 0.15) is 0 Å². The van der Waals surface area contributed by atoms with E-state index in [1.54, 1.807) is 4.90 Å². The lowest BCUT2D eigenvalue weighted by Gasteiger charge is -2.45. The van der Waals surface area contributed by atoms with E-state index in [0.717, 1.165) is 25.7 Å². The Balaban J connectivity index is 1.80. The van der Waals surface area contributed by atoms with E-state index in [2.05, 4.69) is 6.92 Å². The summed E-state index contributed by atoms with van der Waals surface area (Å²) in [7, 11) is 0. The van der Waals surface area contributed by atoms with Gasteiger partial charge in [-0.25, -0.2) is 5.21 Å². The predicted octanol–water partition coefficient (Wildman–Crippen LogP) is 0.511. The fourth-order valence-corrected chi connectivity index (χ4v) is 3.67. The third kappa shape index (κ3) is 2.64. The molecule has 2 saturated heterocycles. The van der Waals surface area contributed by atoms with Gasteiger partial charge in [-0.05, 0) is 12.8 Å². The largest absolute Gasteiger partial charge is 0.595 e. The molecule has 3 aliphatic heterocycles. The molecule has 5 atom stereocenters. The zero-order chi connectivity index (χ0) is 15.0. The van der Waals surface area contributed by atoms with Crippen LogP contribution in [0.3, 0.4) is 0 Å². The summed E-state index contributed by atoms with van der Waals surface area (Å²) in [5.74, 6) is -0.345. The summed E-state index contributed by atoms with van der Waals surface area (Å²) in [4.78, 5) is 1.78. The van der Waals surface area contributed by atoms with Crippen molar-refractivity contribution in [1.82, 2.24) is 4.90 Å². The number of unbranched alkanes of at least 4 members (excludes halogenated alkanes) is 3. The van der Waals surface area contributed by atoms with Gasteiger partial charge in [-0.15, -0.1) is 0 Å². The number of nitrogens with zero attached hydrogens (tertiary/aromatic N) is 1. The normalized spacial score (nSPS) is 36.2. The third-order valence-electron chi connectivity index (χ3n) is 4.76. The number of hydroxylamine groups is 2. The molecule has 3 N–H and O–H groups in total. The Bertz CT molecular complexity index is 414. The highest BCUT2D eigenvalue weighted by atomic mass is 16.8. The number of rotatable bonds is 6. The number of aliphatic hydroxyl groups is 1. The van der Waals surface area contributed by atoms with E-state index < -0.39 is 5.23 Å². The minimum Gasteiger partial charge on any atom is -0.595 e. The Morgan fingerprint density at radius 1 is 1.38 bits per heavy atom. The summed E-state index contributed by atoms with van der Waals surface area (Å²) < 4.78 is 11.4. The molecule has 2 fully saturated rings. The fourth-order valence-electron chi connectivity index (χ4n) is 3.67. The van der Waals surface area contributed by atoms with Gasteiger partial charge in [0, 0.05) is 6.54 Å². The summed E-state index contributed by atoms with van der Waals surface area (Å²) in [6.45, 7) is 3.21. The van der Waals surface area contributed by atoms with E-state index in [1.165, 1.54) is 0 Å². The lowest BCUT2D eigenvalue weighted by molar-refractivity contribution is -1.02. The van der Waals surface area contributed by atoms with E-state index in [4.69, 9.17) is 9.47 Å². The average Bonchev–Trinajstić information content (AvgIpc) is 2.88. The minimum atomic E-state index is -1.05. The van der Waals surface area contributed by atoms with E-state index in [-0.39, 0.29) is 35.9 Å². The number of ether oxygens (including phenoxy) is 2. The van der Waals surface area contributed by atoms with E-state index in [0.29, 0.717) is 19.6 Å². The number of hydrogen-bond acceptors (Lipinski definition) is 6. The van der Waals surface area contributed by atoms with Crippen LogP contribution >= 0.6 is 0 Å². The van der Waals surface area contributed by atoms with Crippen LogP contribution in [-0.4, -0.2) is 46.8 Å². The van der Waals surface area contributed by atoms with Gasteiger partial charge >= 0.3 is 0 Å². The monoisotopic (exact) mass is 300 g/mol. The quantitative estimate of drug-likeness (QED) is 0.489. The van der Waals surface area contributed by atoms with Gasteiger partial charge in [-0.3, -0.25) is 0 Å². The van der Waals surface area contributed by atoms with Crippen LogP contribution in [-0.2, 0) is 9.47 Å². The summed E-state index contributed by atoms with van der Waals surface area (Å²) in [5.41, 5.74) is 0.0932. The molecule has 3 aliphatic rings. The highest BCUT2D eigenvalue weighted by molar-refractivity contribution is 5.15. The highest BCUT2D eigenvalue weighted by Gasteiger charge is 2.54. The molecule has 7 heteroatoms. The Kier molecular flexibility index (Phi) is 4.37. The van der Waals surface area contributed by atoms with Crippen LogP contribution in [0.2, 0.25) is 0 Å². The molecule has 0 saturated carbocycles. The molecule has 0 aliphatic carbocycles. The second-order valence-electron chi connectivity index (χ2n) is 6.08. The summed E-state index contributed by atoms with van der Waals surface area (Å²) in [5, 5.41) is 30.3. The van der Waals surface area contributed by atoms with Gasteiger partial charge in [0.05, 0.1) is 24.7 Å². The topological polar surface area (TPSA) is 89.7 Å². The maximum absolute atomic E-state index is 11.5. The van der Waals surface area contributed by atoms with Crippen molar-refractivity contribution in [2.45, 2.75) is 57.5 Å². The molecule has 0 aromatic heterocycles. The summed E-state index contributed by atoms with van der Waals surface area (Å²) >= 11 is 0. The van der Waals surface area contributed by atoms with Crippen LogP contribution in [0, 0.1) is 11.1 Å². The molecule has 0 aromatic carbocycles. The number of nitrogens with one attached hydrogen (secondary N) is 1. The van der Waals surface area contributed by atoms with Gasteiger partial charge < -0.3 is 24.7 Å². The van der Waals surface area contributed by atoms with Crippen molar-refractivity contribution in [3.8, 4) is 0 Å². The molecule has 3 heterocycles. The van der Waals surface area contributed by atoms with Crippen LogP contribution in [0.15, 0.2) is 11.6 Å². The van der Waals surface area contributed by atoms with Crippen molar-refractivity contribution in [3.63, 3.8) is 0 Å². The zero-order valence-corrected chi connectivity index (χ0v) is 12.3. The van der Waals surface area contributed by atoms with Gasteiger partial charge in [0.25, 0.3) is 0 Å². The minimum absolute atomic E-state index is 0.0709. The molecule has 0 spiro atoms. The average molecular weight is 300 g/mol. The first kappa shape index (κ1) is 15.1. The molecule has 7 nitrogen and oxygen atoms in total. The van der Waals surface area contributed by atoms with Gasteiger partial charge in [-0.1, -0.05) is 26.2 Å². The molecular formula is C14H24N2O5. The number of hydrogen-bond donors (Lipinski definition) is 3.